The van der Waals surface area contributed by atoms with Crippen LogP contribution < -0.4 is 0 Å². The Labute approximate surface area is 215 Å². The zero-order valence-corrected chi connectivity index (χ0v) is 23.8. The van der Waals surface area contributed by atoms with Crippen LogP contribution >= 0.6 is 0 Å². The van der Waals surface area contributed by atoms with Gasteiger partial charge in [-0.05, 0) is 12.8 Å². The van der Waals surface area contributed by atoms with E-state index in [1.165, 1.54) is 161 Å². The Hall–Kier alpha value is -0.530. The largest absolute Gasteiger partial charge is 0.466 e. The molecule has 0 atom stereocenters. The molecular formula is C32H64O2. The lowest BCUT2D eigenvalue weighted by Crippen LogP contribution is -2.04. The molecule has 0 rings (SSSR count). The Morgan fingerprint density at radius 1 is 0.382 bits per heavy atom. The number of unbranched alkanes of at least 4 members (excludes halogenated alkanes) is 25. The van der Waals surface area contributed by atoms with Crippen LogP contribution in [0.5, 0.6) is 0 Å². The van der Waals surface area contributed by atoms with E-state index < -0.39 is 0 Å². The fourth-order valence-corrected chi connectivity index (χ4v) is 4.88. The molecule has 0 heterocycles. The number of esters is 1. The van der Waals surface area contributed by atoms with E-state index in [1.807, 2.05) is 6.92 Å². The van der Waals surface area contributed by atoms with Crippen molar-refractivity contribution in [3.05, 3.63) is 0 Å². The quantitative estimate of drug-likeness (QED) is 0.0785. The lowest BCUT2D eigenvalue weighted by atomic mass is 10.0. The van der Waals surface area contributed by atoms with Gasteiger partial charge in [-0.25, -0.2) is 0 Å². The van der Waals surface area contributed by atoms with Crippen LogP contribution in [-0.4, -0.2) is 12.6 Å². The van der Waals surface area contributed by atoms with Crippen molar-refractivity contribution >= 4 is 5.97 Å². The maximum Gasteiger partial charge on any atom is 0.305 e. The van der Waals surface area contributed by atoms with Gasteiger partial charge in [0.05, 0.1) is 6.61 Å². The molecule has 0 aromatic carbocycles. The maximum atomic E-state index is 11.3. The first-order valence-corrected chi connectivity index (χ1v) is 16.0. The standard InChI is InChI=1S/C32H64O2/c1-3-5-6-7-8-9-10-11-12-13-14-15-16-17-18-19-20-21-22-23-24-25-26-27-28-29-31-34-32(33)30-4-2/h3-31H2,1-2H3. The van der Waals surface area contributed by atoms with E-state index in [9.17, 15) is 4.79 Å². The molecule has 0 saturated carbocycles. The van der Waals surface area contributed by atoms with Crippen molar-refractivity contribution in [3.63, 3.8) is 0 Å². The van der Waals surface area contributed by atoms with E-state index >= 15 is 0 Å². The lowest BCUT2D eigenvalue weighted by molar-refractivity contribution is -0.143. The van der Waals surface area contributed by atoms with Crippen LogP contribution in [0.1, 0.15) is 194 Å². The number of rotatable bonds is 29. The third kappa shape index (κ3) is 29.5. The van der Waals surface area contributed by atoms with Crippen LogP contribution in [-0.2, 0) is 9.53 Å². The molecule has 34 heavy (non-hydrogen) atoms. The fraction of sp³-hybridized carbons (Fsp3) is 0.969. The zero-order chi connectivity index (χ0) is 24.8. The molecular weight excluding hydrogens is 416 g/mol. The van der Waals surface area contributed by atoms with Gasteiger partial charge >= 0.3 is 5.97 Å². The normalized spacial score (nSPS) is 11.2. The number of ether oxygens (including phenoxy) is 1. The highest BCUT2D eigenvalue weighted by Crippen LogP contribution is 2.16. The zero-order valence-electron chi connectivity index (χ0n) is 23.8. The van der Waals surface area contributed by atoms with Gasteiger partial charge in [-0.1, -0.05) is 174 Å². The van der Waals surface area contributed by atoms with E-state index in [4.69, 9.17) is 4.74 Å². The van der Waals surface area contributed by atoms with E-state index in [-0.39, 0.29) is 5.97 Å². The molecule has 0 aliphatic carbocycles. The average Bonchev–Trinajstić information content (AvgIpc) is 2.83. The predicted molar refractivity (Wildman–Crippen MR) is 152 cm³/mol. The Morgan fingerprint density at radius 3 is 0.912 bits per heavy atom. The van der Waals surface area contributed by atoms with Crippen molar-refractivity contribution in [2.75, 3.05) is 6.61 Å². The van der Waals surface area contributed by atoms with Crippen molar-refractivity contribution in [1.29, 1.82) is 0 Å². The van der Waals surface area contributed by atoms with E-state index in [1.54, 1.807) is 0 Å². The molecule has 0 spiro atoms. The van der Waals surface area contributed by atoms with Crippen LogP contribution in [0.3, 0.4) is 0 Å². The summed E-state index contributed by atoms with van der Waals surface area (Å²) in [6, 6.07) is 0. The van der Waals surface area contributed by atoms with E-state index in [0.717, 1.165) is 12.8 Å². The SMILES string of the molecule is CCCCCCCCCCCCCCCCCCCCCCCCCCCCOC(=O)CCC. The third-order valence-electron chi connectivity index (χ3n) is 7.22. The maximum absolute atomic E-state index is 11.3. The minimum absolute atomic E-state index is 0.0258. The summed E-state index contributed by atoms with van der Waals surface area (Å²) in [4.78, 5) is 11.3. The Kier molecular flexibility index (Phi) is 30.0. The van der Waals surface area contributed by atoms with Crippen molar-refractivity contribution in [1.82, 2.24) is 0 Å². The fourth-order valence-electron chi connectivity index (χ4n) is 4.88. The van der Waals surface area contributed by atoms with Gasteiger partial charge in [0.1, 0.15) is 0 Å². The summed E-state index contributed by atoms with van der Waals surface area (Å²) in [5.74, 6) is -0.0258. The van der Waals surface area contributed by atoms with Crippen LogP contribution in [0.4, 0.5) is 0 Å². The molecule has 0 fully saturated rings. The van der Waals surface area contributed by atoms with Gasteiger partial charge in [-0.3, -0.25) is 4.79 Å². The van der Waals surface area contributed by atoms with Crippen molar-refractivity contribution in [2.45, 2.75) is 194 Å². The molecule has 0 saturated heterocycles. The summed E-state index contributed by atoms with van der Waals surface area (Å²) in [7, 11) is 0. The molecule has 0 radical (unpaired) electrons. The number of carbonyl (C=O) groups excluding carboxylic acids is 1. The predicted octanol–water partition coefficient (Wildman–Crippen LogP) is 11.5. The second-order valence-electron chi connectivity index (χ2n) is 10.8. The summed E-state index contributed by atoms with van der Waals surface area (Å²) in [6.45, 7) is 4.94. The first kappa shape index (κ1) is 33.5. The average molecular weight is 481 g/mol. The molecule has 0 aliphatic heterocycles. The van der Waals surface area contributed by atoms with Gasteiger partial charge in [0.15, 0.2) is 0 Å². The molecule has 2 nitrogen and oxygen atoms in total. The van der Waals surface area contributed by atoms with Crippen LogP contribution in [0.25, 0.3) is 0 Å². The molecule has 0 aromatic heterocycles. The first-order chi connectivity index (χ1) is 16.8. The number of hydrogen-bond acceptors (Lipinski definition) is 2. The highest BCUT2D eigenvalue weighted by molar-refractivity contribution is 5.69. The monoisotopic (exact) mass is 480 g/mol. The molecule has 0 aromatic rings. The van der Waals surface area contributed by atoms with Crippen molar-refractivity contribution < 1.29 is 9.53 Å². The van der Waals surface area contributed by atoms with Crippen molar-refractivity contribution in [2.24, 2.45) is 0 Å². The molecule has 0 unspecified atom stereocenters. The molecule has 0 amide bonds. The van der Waals surface area contributed by atoms with Crippen LogP contribution in [0.15, 0.2) is 0 Å². The minimum Gasteiger partial charge on any atom is -0.466 e. The summed E-state index contributed by atoms with van der Waals surface area (Å²) in [5.41, 5.74) is 0. The van der Waals surface area contributed by atoms with E-state index in [2.05, 4.69) is 6.92 Å². The summed E-state index contributed by atoms with van der Waals surface area (Å²) in [6.07, 6.45) is 38.3. The third-order valence-corrected chi connectivity index (χ3v) is 7.22. The van der Waals surface area contributed by atoms with E-state index in [0.29, 0.717) is 13.0 Å². The van der Waals surface area contributed by atoms with Gasteiger partial charge in [-0.15, -0.1) is 0 Å². The van der Waals surface area contributed by atoms with Gasteiger partial charge in [-0.2, -0.15) is 0 Å². The molecule has 0 bridgehead atoms. The topological polar surface area (TPSA) is 26.3 Å². The highest BCUT2D eigenvalue weighted by atomic mass is 16.5. The van der Waals surface area contributed by atoms with Gasteiger partial charge in [0, 0.05) is 6.42 Å². The highest BCUT2D eigenvalue weighted by Gasteiger charge is 2.00. The number of carbonyl (C=O) groups is 1. The second-order valence-corrected chi connectivity index (χ2v) is 10.8. The van der Waals surface area contributed by atoms with Gasteiger partial charge in [0.2, 0.25) is 0 Å². The Bertz CT molecular complexity index is 379. The summed E-state index contributed by atoms with van der Waals surface area (Å²) >= 11 is 0. The van der Waals surface area contributed by atoms with Gasteiger partial charge < -0.3 is 4.74 Å². The Balaban J connectivity index is 3.03. The molecule has 0 aliphatic rings. The first-order valence-electron chi connectivity index (χ1n) is 16.0. The van der Waals surface area contributed by atoms with Crippen LogP contribution in [0, 0.1) is 0 Å². The van der Waals surface area contributed by atoms with Crippen LogP contribution in [0.2, 0.25) is 0 Å². The molecule has 0 N–H and O–H groups in total. The van der Waals surface area contributed by atoms with Crippen molar-refractivity contribution in [3.8, 4) is 0 Å². The van der Waals surface area contributed by atoms with Gasteiger partial charge in [0.25, 0.3) is 0 Å². The second kappa shape index (κ2) is 30.5. The number of hydrogen-bond donors (Lipinski definition) is 0. The smallest absolute Gasteiger partial charge is 0.305 e. The molecule has 2 heteroatoms. The molecule has 204 valence electrons. The summed E-state index contributed by atoms with van der Waals surface area (Å²) < 4.78 is 5.20. The summed E-state index contributed by atoms with van der Waals surface area (Å²) in [5, 5.41) is 0. The minimum atomic E-state index is -0.0258. The lowest BCUT2D eigenvalue weighted by Gasteiger charge is -2.05. The Morgan fingerprint density at radius 2 is 0.647 bits per heavy atom.